The van der Waals surface area contributed by atoms with Crippen LogP contribution in [0.25, 0.3) is 11.3 Å². The molecule has 2 aromatic carbocycles. The van der Waals surface area contributed by atoms with E-state index >= 15 is 0 Å². The van der Waals surface area contributed by atoms with E-state index in [2.05, 4.69) is 15.1 Å². The maximum absolute atomic E-state index is 13.1. The van der Waals surface area contributed by atoms with E-state index in [0.29, 0.717) is 6.54 Å². The van der Waals surface area contributed by atoms with Crippen LogP contribution in [0.3, 0.4) is 0 Å². The molecule has 0 saturated carbocycles. The van der Waals surface area contributed by atoms with E-state index in [4.69, 9.17) is 29.5 Å². The van der Waals surface area contributed by atoms with Crippen molar-refractivity contribution < 1.29 is 33.7 Å². The monoisotopic (exact) mass is 530 g/mol. The molecule has 1 amide bonds. The zero-order chi connectivity index (χ0) is 26.8. The van der Waals surface area contributed by atoms with Crippen LogP contribution in [0.4, 0.5) is 10.1 Å². The van der Waals surface area contributed by atoms with Gasteiger partial charge in [0.05, 0.1) is 25.9 Å². The van der Waals surface area contributed by atoms with Crippen molar-refractivity contribution in [1.29, 1.82) is 0 Å². The maximum Gasteiger partial charge on any atom is 0.414 e. The molecule has 3 N–H and O–H groups in total. The summed E-state index contributed by atoms with van der Waals surface area (Å²) in [6.07, 6.45) is 0. The molecule has 0 unspecified atom stereocenters. The van der Waals surface area contributed by atoms with Gasteiger partial charge in [0.25, 0.3) is 0 Å². The fourth-order valence-electron chi connectivity index (χ4n) is 3.54. The summed E-state index contributed by atoms with van der Waals surface area (Å²) in [6.45, 7) is 4.60. The van der Waals surface area contributed by atoms with Crippen LogP contribution in [-0.4, -0.2) is 82.7 Å². The molecular weight excluding hydrogens is 503 g/mol. The molecule has 0 radical (unpaired) electrons. The van der Waals surface area contributed by atoms with Crippen LogP contribution in [0.1, 0.15) is 5.01 Å². The number of thiazole rings is 1. The van der Waals surface area contributed by atoms with Crippen LogP contribution in [0.2, 0.25) is 0 Å². The highest BCUT2D eigenvalue weighted by atomic mass is 32.1. The molecule has 0 atom stereocenters. The summed E-state index contributed by atoms with van der Waals surface area (Å²) in [5.41, 5.74) is 2.55. The van der Waals surface area contributed by atoms with Crippen molar-refractivity contribution in [2.75, 3.05) is 45.2 Å². The highest BCUT2D eigenvalue weighted by molar-refractivity contribution is 7.09. The number of ether oxygens (including phenoxy) is 1. The molecule has 0 aliphatic carbocycles. The van der Waals surface area contributed by atoms with Crippen LogP contribution in [0, 0.1) is 5.82 Å². The Labute approximate surface area is 216 Å². The number of carbonyl (C=O) groups excluding carboxylic acids is 1. The number of carbonyl (C=O) groups is 3. The summed E-state index contributed by atoms with van der Waals surface area (Å²) in [5, 5.41) is 20.8. The lowest BCUT2D eigenvalue weighted by Crippen LogP contribution is -2.48. The standard InChI is InChI=1S/C23H25FN4O2S.C2H2O4/c1-30-20-4-2-3-19(13-20)25-22(29)14-27-9-11-28(12-10-27)15-23-26-21(16-31-23)17-5-7-18(24)8-6-17;3-1(4)2(5)6/h2-8,13,16H,9-12,14-15H2,1H3,(H,25,29);(H,3,4)(H,5,6). The number of halogens is 1. The van der Waals surface area contributed by atoms with E-state index in [1.54, 1.807) is 30.6 Å². The van der Waals surface area contributed by atoms with Gasteiger partial charge in [-0.1, -0.05) is 6.07 Å². The first-order valence-corrected chi connectivity index (χ1v) is 12.2. The zero-order valence-corrected chi connectivity index (χ0v) is 20.9. The second kappa shape index (κ2) is 13.4. The Kier molecular flexibility index (Phi) is 10.1. The second-order valence-corrected chi connectivity index (χ2v) is 9.02. The number of rotatable bonds is 7. The minimum atomic E-state index is -1.82. The van der Waals surface area contributed by atoms with Gasteiger partial charge in [-0.05, 0) is 36.4 Å². The lowest BCUT2D eigenvalue weighted by molar-refractivity contribution is -0.159. The van der Waals surface area contributed by atoms with Crippen molar-refractivity contribution in [3.8, 4) is 17.0 Å². The van der Waals surface area contributed by atoms with Crippen molar-refractivity contribution in [2.45, 2.75) is 6.54 Å². The number of aromatic nitrogens is 1. The SMILES string of the molecule is COc1cccc(NC(=O)CN2CCN(Cc3nc(-c4ccc(F)cc4)cs3)CC2)c1.O=C(O)C(=O)O. The number of carboxylic acid groups (broad SMARTS) is 2. The molecule has 1 fully saturated rings. The Morgan fingerprint density at radius 2 is 1.68 bits per heavy atom. The normalized spacial score (nSPS) is 13.8. The topological polar surface area (TPSA) is 132 Å². The highest BCUT2D eigenvalue weighted by Gasteiger charge is 2.20. The van der Waals surface area contributed by atoms with Crippen LogP contribution < -0.4 is 10.1 Å². The van der Waals surface area contributed by atoms with E-state index < -0.39 is 11.9 Å². The van der Waals surface area contributed by atoms with Crippen molar-refractivity contribution in [2.24, 2.45) is 0 Å². The first-order chi connectivity index (χ1) is 17.7. The van der Waals surface area contributed by atoms with Crippen LogP contribution in [-0.2, 0) is 20.9 Å². The average Bonchev–Trinajstić information content (AvgIpc) is 3.34. The van der Waals surface area contributed by atoms with Gasteiger partial charge in [-0.25, -0.2) is 19.0 Å². The molecule has 0 spiro atoms. The molecule has 0 bridgehead atoms. The van der Waals surface area contributed by atoms with Crippen molar-refractivity contribution in [3.05, 3.63) is 64.7 Å². The van der Waals surface area contributed by atoms with Gasteiger partial charge in [0, 0.05) is 48.9 Å². The van der Waals surface area contributed by atoms with Gasteiger partial charge in [0.15, 0.2) is 0 Å². The number of methoxy groups -OCH3 is 1. The molecule has 2 heterocycles. The number of amides is 1. The quantitative estimate of drug-likeness (QED) is 0.395. The number of carboxylic acids is 2. The van der Waals surface area contributed by atoms with Gasteiger partial charge in [0.1, 0.15) is 16.6 Å². The van der Waals surface area contributed by atoms with Gasteiger partial charge in [0.2, 0.25) is 5.91 Å². The first-order valence-electron chi connectivity index (χ1n) is 11.3. The maximum atomic E-state index is 13.1. The fraction of sp³-hybridized carbons (Fsp3) is 0.280. The summed E-state index contributed by atoms with van der Waals surface area (Å²) in [5.74, 6) is -3.19. The summed E-state index contributed by atoms with van der Waals surface area (Å²) in [4.78, 5) is 39.8. The van der Waals surface area contributed by atoms with Gasteiger partial charge in [-0.3, -0.25) is 14.6 Å². The fourth-order valence-corrected chi connectivity index (χ4v) is 4.38. The zero-order valence-electron chi connectivity index (χ0n) is 20.1. The lowest BCUT2D eigenvalue weighted by Gasteiger charge is -2.33. The number of nitrogens with one attached hydrogen (secondary N) is 1. The van der Waals surface area contributed by atoms with Gasteiger partial charge in [-0.2, -0.15) is 0 Å². The largest absolute Gasteiger partial charge is 0.497 e. The third-order valence-electron chi connectivity index (χ3n) is 5.42. The molecule has 37 heavy (non-hydrogen) atoms. The summed E-state index contributed by atoms with van der Waals surface area (Å²) in [6, 6.07) is 13.8. The minimum absolute atomic E-state index is 0.0226. The second-order valence-electron chi connectivity index (χ2n) is 8.08. The number of piperazine rings is 1. The van der Waals surface area contributed by atoms with Crippen molar-refractivity contribution >= 4 is 34.9 Å². The number of anilines is 1. The molecule has 10 nitrogen and oxygen atoms in total. The van der Waals surface area contributed by atoms with E-state index in [1.165, 1.54) is 12.1 Å². The van der Waals surface area contributed by atoms with Crippen LogP contribution >= 0.6 is 11.3 Å². The molecule has 196 valence electrons. The van der Waals surface area contributed by atoms with Gasteiger partial charge < -0.3 is 20.3 Å². The lowest BCUT2D eigenvalue weighted by atomic mass is 10.2. The molecule has 1 saturated heterocycles. The predicted octanol–water partition coefficient (Wildman–Crippen LogP) is 2.87. The molecule has 3 aromatic rings. The Morgan fingerprint density at radius 3 is 2.30 bits per heavy atom. The molecule has 4 rings (SSSR count). The number of hydrogen-bond donors (Lipinski definition) is 3. The summed E-state index contributed by atoms with van der Waals surface area (Å²) >= 11 is 1.62. The average molecular weight is 531 g/mol. The van der Waals surface area contributed by atoms with Crippen LogP contribution in [0.5, 0.6) is 5.75 Å². The van der Waals surface area contributed by atoms with Gasteiger partial charge >= 0.3 is 11.9 Å². The Hall–Kier alpha value is -3.87. The van der Waals surface area contributed by atoms with E-state index in [0.717, 1.165) is 60.4 Å². The van der Waals surface area contributed by atoms with Crippen LogP contribution in [0.15, 0.2) is 53.9 Å². The van der Waals surface area contributed by atoms with E-state index in [-0.39, 0.29) is 11.7 Å². The number of aliphatic carboxylic acids is 2. The highest BCUT2D eigenvalue weighted by Crippen LogP contribution is 2.23. The Balaban J connectivity index is 0.000000568. The molecule has 12 heteroatoms. The minimum Gasteiger partial charge on any atom is -0.497 e. The number of hydrogen-bond acceptors (Lipinski definition) is 8. The molecular formula is C25H27FN4O6S. The Morgan fingerprint density at radius 1 is 1.03 bits per heavy atom. The third kappa shape index (κ3) is 8.94. The Bertz CT molecular complexity index is 1200. The molecule has 1 aliphatic heterocycles. The summed E-state index contributed by atoms with van der Waals surface area (Å²) in [7, 11) is 1.61. The first kappa shape index (κ1) is 27.7. The van der Waals surface area contributed by atoms with E-state index in [9.17, 15) is 9.18 Å². The smallest absolute Gasteiger partial charge is 0.414 e. The number of benzene rings is 2. The molecule has 1 aliphatic rings. The third-order valence-corrected chi connectivity index (χ3v) is 6.25. The van der Waals surface area contributed by atoms with Crippen molar-refractivity contribution in [1.82, 2.24) is 14.8 Å². The summed E-state index contributed by atoms with van der Waals surface area (Å²) < 4.78 is 18.3. The van der Waals surface area contributed by atoms with Crippen molar-refractivity contribution in [3.63, 3.8) is 0 Å². The van der Waals surface area contributed by atoms with Gasteiger partial charge in [-0.15, -0.1) is 11.3 Å². The predicted molar refractivity (Wildman–Crippen MR) is 136 cm³/mol. The number of nitrogens with zero attached hydrogens (tertiary/aromatic N) is 3. The molecule has 1 aromatic heterocycles. The van der Waals surface area contributed by atoms with E-state index in [1.807, 2.05) is 29.6 Å².